The lowest BCUT2D eigenvalue weighted by molar-refractivity contribution is -0.870. The summed E-state index contributed by atoms with van der Waals surface area (Å²) in [6, 6.07) is 10.3. The normalized spacial score (nSPS) is 11.2. The molecular formula is C24H49BrN2P+. The van der Waals surface area contributed by atoms with Crippen molar-refractivity contribution in [2.75, 3.05) is 27.7 Å². The molecule has 1 rings (SSSR count). The Morgan fingerprint density at radius 2 is 1.14 bits per heavy atom. The topological polar surface area (TPSA) is 26.0 Å². The number of nitrogens with zero attached hydrogens (tertiary/aromatic N) is 1. The number of nitrogens with two attached hydrogens (primary N) is 1. The summed E-state index contributed by atoms with van der Waals surface area (Å²) in [7, 11) is 7.41. The number of hydrogen-bond donors (Lipinski definition) is 1. The Bertz CT molecular complexity index is 407. The van der Waals surface area contributed by atoms with Crippen molar-refractivity contribution in [2.45, 2.75) is 90.1 Å². The SMILES string of the molecule is Br.CCCCCCCCCCCCCC[N+](C)(C)C.NPCc1ccccc1. The van der Waals surface area contributed by atoms with Gasteiger partial charge in [0.1, 0.15) is 0 Å². The second-order valence-electron chi connectivity index (χ2n) is 8.77. The summed E-state index contributed by atoms with van der Waals surface area (Å²) in [6.45, 7) is 3.62. The van der Waals surface area contributed by atoms with Gasteiger partial charge in [0.25, 0.3) is 0 Å². The first-order valence-electron chi connectivity index (χ1n) is 11.3. The molecule has 0 heterocycles. The lowest BCUT2D eigenvalue weighted by Gasteiger charge is -2.23. The van der Waals surface area contributed by atoms with Crippen LogP contribution in [-0.2, 0) is 6.16 Å². The highest BCUT2D eigenvalue weighted by atomic mass is 79.9. The minimum Gasteiger partial charge on any atom is -0.331 e. The lowest BCUT2D eigenvalue weighted by Crippen LogP contribution is -2.35. The van der Waals surface area contributed by atoms with E-state index in [9.17, 15) is 0 Å². The maximum atomic E-state index is 5.39. The Balaban J connectivity index is 0. The highest BCUT2D eigenvalue weighted by Crippen LogP contribution is 2.12. The van der Waals surface area contributed by atoms with Crippen LogP contribution in [0.2, 0.25) is 0 Å². The van der Waals surface area contributed by atoms with Crippen LogP contribution < -0.4 is 5.50 Å². The molecule has 1 unspecified atom stereocenters. The van der Waals surface area contributed by atoms with Crippen LogP contribution in [0.15, 0.2) is 30.3 Å². The van der Waals surface area contributed by atoms with E-state index in [2.05, 4.69) is 40.2 Å². The molecule has 1 atom stereocenters. The molecule has 0 aromatic heterocycles. The molecule has 166 valence electrons. The van der Waals surface area contributed by atoms with Crippen molar-refractivity contribution in [3.8, 4) is 0 Å². The summed E-state index contributed by atoms with van der Waals surface area (Å²) in [4.78, 5) is 0. The van der Waals surface area contributed by atoms with Gasteiger partial charge in [0.2, 0.25) is 0 Å². The fourth-order valence-corrected chi connectivity index (χ4v) is 3.61. The molecule has 0 saturated heterocycles. The fourth-order valence-electron chi connectivity index (χ4n) is 3.14. The Hall–Kier alpha value is 0.0500. The first-order valence-corrected chi connectivity index (χ1v) is 12.6. The van der Waals surface area contributed by atoms with Gasteiger partial charge < -0.3 is 9.99 Å². The third kappa shape index (κ3) is 24.1. The fraction of sp³-hybridized carbons (Fsp3) is 0.750. The monoisotopic (exact) mass is 475 g/mol. The quantitative estimate of drug-likeness (QED) is 0.157. The van der Waals surface area contributed by atoms with E-state index in [1.165, 1.54) is 89.2 Å². The Morgan fingerprint density at radius 1 is 0.714 bits per heavy atom. The van der Waals surface area contributed by atoms with E-state index in [0.717, 1.165) is 10.6 Å². The van der Waals surface area contributed by atoms with E-state index in [1.807, 2.05) is 18.2 Å². The largest absolute Gasteiger partial charge is 0.331 e. The van der Waals surface area contributed by atoms with Crippen molar-refractivity contribution in [3.05, 3.63) is 35.9 Å². The zero-order valence-electron chi connectivity index (χ0n) is 19.2. The molecule has 1 aromatic carbocycles. The second kappa shape index (κ2) is 21.8. The molecule has 0 amide bonds. The molecule has 2 N–H and O–H groups in total. The molecule has 2 nitrogen and oxygen atoms in total. The standard InChI is InChI=1S/C17H38N.C7H10NP.BrH/c1-5-6-7-8-9-10-11-12-13-14-15-16-17-18(2,3)4;8-9-6-7-4-2-1-3-5-7;/h5-17H2,1-4H3;1-5,9H,6,8H2;1H/q+1;;. The molecule has 1 aromatic rings. The summed E-state index contributed by atoms with van der Waals surface area (Å²) >= 11 is 0. The van der Waals surface area contributed by atoms with Crippen molar-refractivity contribution >= 4 is 25.7 Å². The van der Waals surface area contributed by atoms with E-state index in [4.69, 9.17) is 5.50 Å². The van der Waals surface area contributed by atoms with Gasteiger partial charge >= 0.3 is 0 Å². The predicted octanol–water partition coefficient (Wildman–Crippen LogP) is 7.71. The van der Waals surface area contributed by atoms with E-state index < -0.39 is 0 Å². The third-order valence-electron chi connectivity index (χ3n) is 4.83. The van der Waals surface area contributed by atoms with Crippen molar-refractivity contribution in [2.24, 2.45) is 5.50 Å². The van der Waals surface area contributed by atoms with Gasteiger partial charge in [-0.25, -0.2) is 0 Å². The lowest BCUT2D eigenvalue weighted by atomic mass is 10.1. The molecule has 0 saturated carbocycles. The predicted molar refractivity (Wildman–Crippen MR) is 137 cm³/mol. The number of benzene rings is 1. The van der Waals surface area contributed by atoms with Crippen molar-refractivity contribution in [3.63, 3.8) is 0 Å². The van der Waals surface area contributed by atoms with Gasteiger partial charge in [-0.05, 0) is 18.4 Å². The zero-order valence-corrected chi connectivity index (χ0v) is 21.9. The van der Waals surface area contributed by atoms with Gasteiger partial charge in [-0.1, -0.05) is 110 Å². The Kier molecular flexibility index (Phi) is 23.5. The first kappa shape index (κ1) is 30.2. The Labute approximate surface area is 189 Å². The number of hydrogen-bond acceptors (Lipinski definition) is 1. The molecule has 0 fully saturated rings. The smallest absolute Gasteiger partial charge is 0.0780 e. The van der Waals surface area contributed by atoms with Crippen LogP contribution in [0.4, 0.5) is 0 Å². The van der Waals surface area contributed by atoms with E-state index >= 15 is 0 Å². The summed E-state index contributed by atoms with van der Waals surface area (Å²) < 4.78 is 1.12. The van der Waals surface area contributed by atoms with E-state index in [-0.39, 0.29) is 17.0 Å². The second-order valence-corrected chi connectivity index (χ2v) is 9.53. The maximum absolute atomic E-state index is 5.39. The van der Waals surface area contributed by atoms with Crippen LogP contribution >= 0.6 is 25.7 Å². The highest BCUT2D eigenvalue weighted by molar-refractivity contribution is 8.93. The van der Waals surface area contributed by atoms with Gasteiger partial charge in [0, 0.05) is 6.16 Å². The van der Waals surface area contributed by atoms with Gasteiger partial charge in [-0.3, -0.25) is 0 Å². The minimum absolute atomic E-state index is 0. The van der Waals surface area contributed by atoms with Crippen LogP contribution in [0.3, 0.4) is 0 Å². The summed E-state index contributed by atoms with van der Waals surface area (Å²) in [5.74, 6) is 0. The third-order valence-corrected chi connectivity index (χ3v) is 5.44. The number of quaternary nitrogens is 1. The van der Waals surface area contributed by atoms with Crippen LogP contribution in [0.25, 0.3) is 0 Å². The van der Waals surface area contributed by atoms with E-state index in [0.29, 0.717) is 8.73 Å². The molecule has 28 heavy (non-hydrogen) atoms. The molecule has 0 spiro atoms. The van der Waals surface area contributed by atoms with Gasteiger partial charge in [-0.2, -0.15) is 0 Å². The van der Waals surface area contributed by atoms with Crippen molar-refractivity contribution in [1.29, 1.82) is 0 Å². The average Bonchev–Trinajstić information content (AvgIpc) is 2.63. The molecule has 0 aliphatic carbocycles. The molecular weight excluding hydrogens is 427 g/mol. The molecule has 4 heteroatoms. The molecule has 0 aliphatic heterocycles. The van der Waals surface area contributed by atoms with Crippen LogP contribution in [0, 0.1) is 0 Å². The summed E-state index contributed by atoms with van der Waals surface area (Å²) in [6.07, 6.45) is 18.4. The number of unbranched alkanes of at least 4 members (excludes halogenated alkanes) is 11. The molecule has 0 aliphatic rings. The highest BCUT2D eigenvalue weighted by Gasteiger charge is 2.04. The average molecular weight is 477 g/mol. The van der Waals surface area contributed by atoms with E-state index in [1.54, 1.807) is 0 Å². The van der Waals surface area contributed by atoms with Crippen LogP contribution in [-0.4, -0.2) is 32.2 Å². The van der Waals surface area contributed by atoms with Crippen molar-refractivity contribution in [1.82, 2.24) is 0 Å². The first-order chi connectivity index (χ1) is 13.0. The molecule has 0 radical (unpaired) electrons. The maximum Gasteiger partial charge on any atom is 0.0780 e. The molecule has 0 bridgehead atoms. The Morgan fingerprint density at radius 3 is 1.54 bits per heavy atom. The number of halogens is 1. The van der Waals surface area contributed by atoms with Crippen LogP contribution in [0.1, 0.15) is 89.5 Å². The van der Waals surface area contributed by atoms with Gasteiger partial charge in [0.15, 0.2) is 0 Å². The van der Waals surface area contributed by atoms with Crippen LogP contribution in [0.5, 0.6) is 0 Å². The number of rotatable bonds is 15. The zero-order chi connectivity index (χ0) is 20.2. The van der Waals surface area contributed by atoms with Gasteiger partial charge in [0.05, 0.1) is 27.7 Å². The van der Waals surface area contributed by atoms with Crippen molar-refractivity contribution < 1.29 is 4.48 Å². The minimum atomic E-state index is 0. The summed E-state index contributed by atoms with van der Waals surface area (Å²) in [5, 5.41) is 0. The van der Waals surface area contributed by atoms with Gasteiger partial charge in [-0.15, -0.1) is 17.0 Å². The summed E-state index contributed by atoms with van der Waals surface area (Å²) in [5.41, 5.74) is 6.72.